The average molecular weight is 347 g/mol. The molecule has 0 radical (unpaired) electrons. The van der Waals surface area contributed by atoms with Gasteiger partial charge in [-0.1, -0.05) is 30.3 Å². The fourth-order valence-corrected chi connectivity index (χ4v) is 3.78. The molecule has 4 rings (SSSR count). The van der Waals surface area contributed by atoms with Crippen LogP contribution in [0.25, 0.3) is 22.5 Å². The van der Waals surface area contributed by atoms with E-state index in [4.69, 9.17) is 9.47 Å². The lowest BCUT2D eigenvalue weighted by Crippen LogP contribution is -2.12. The molecule has 2 heterocycles. The highest BCUT2D eigenvalue weighted by atomic mass is 16.5. The summed E-state index contributed by atoms with van der Waals surface area (Å²) >= 11 is 0. The minimum Gasteiger partial charge on any atom is -0.493 e. The van der Waals surface area contributed by atoms with E-state index in [0.29, 0.717) is 5.75 Å². The van der Waals surface area contributed by atoms with Gasteiger partial charge < -0.3 is 14.0 Å². The second-order valence-electron chi connectivity index (χ2n) is 6.48. The van der Waals surface area contributed by atoms with Crippen LogP contribution in [0.5, 0.6) is 11.5 Å². The Morgan fingerprint density at radius 3 is 2.35 bits per heavy atom. The van der Waals surface area contributed by atoms with Crippen molar-refractivity contribution in [1.29, 1.82) is 0 Å². The topological polar surface area (TPSA) is 40.5 Å². The van der Waals surface area contributed by atoms with Crippen LogP contribution in [0.4, 0.5) is 0 Å². The van der Waals surface area contributed by atoms with Crippen LogP contribution in [0, 0.1) is 0 Å². The van der Waals surface area contributed by atoms with Crippen molar-refractivity contribution in [2.75, 3.05) is 14.2 Å². The first-order valence-electron chi connectivity index (χ1n) is 8.69. The van der Waals surface area contributed by atoms with Crippen molar-refractivity contribution in [3.05, 3.63) is 59.7 Å². The minimum atomic E-state index is 0.0766. The average Bonchev–Trinajstić information content (AvgIpc) is 3.07. The molecule has 0 aliphatic carbocycles. The van der Waals surface area contributed by atoms with E-state index < -0.39 is 0 Å². The summed E-state index contributed by atoms with van der Waals surface area (Å²) in [5.74, 6) is 1.51. The number of methoxy groups -OCH3 is 2. The lowest BCUT2D eigenvalue weighted by Gasteiger charge is -2.23. The van der Waals surface area contributed by atoms with Gasteiger partial charge in [0, 0.05) is 23.4 Å². The molecule has 0 bridgehead atoms. The summed E-state index contributed by atoms with van der Waals surface area (Å²) in [6.07, 6.45) is 0.883. The van der Waals surface area contributed by atoms with Crippen molar-refractivity contribution >= 4 is 5.78 Å². The molecule has 1 aliphatic rings. The maximum atomic E-state index is 12.3. The molecule has 0 saturated carbocycles. The first-order chi connectivity index (χ1) is 12.6. The number of ketones is 1. The van der Waals surface area contributed by atoms with E-state index in [2.05, 4.69) is 16.7 Å². The molecule has 3 aromatic rings. The highest BCUT2D eigenvalue weighted by molar-refractivity contribution is 6.02. The summed E-state index contributed by atoms with van der Waals surface area (Å²) in [6.45, 7) is 2.46. The normalized spacial score (nSPS) is 12.3. The summed E-state index contributed by atoms with van der Waals surface area (Å²) in [6, 6.07) is 16.2. The number of rotatable bonds is 4. The van der Waals surface area contributed by atoms with E-state index in [1.165, 1.54) is 5.56 Å². The van der Waals surface area contributed by atoms with Crippen molar-refractivity contribution in [1.82, 2.24) is 4.57 Å². The van der Waals surface area contributed by atoms with E-state index >= 15 is 0 Å². The van der Waals surface area contributed by atoms with Gasteiger partial charge in [-0.05, 0) is 42.7 Å². The number of aromatic nitrogens is 1. The molecule has 132 valence electrons. The monoisotopic (exact) mass is 347 g/mol. The number of benzene rings is 2. The highest BCUT2D eigenvalue weighted by Gasteiger charge is 2.26. The van der Waals surface area contributed by atoms with Gasteiger partial charge >= 0.3 is 0 Å². The minimum absolute atomic E-state index is 0.0766. The van der Waals surface area contributed by atoms with Crippen LogP contribution >= 0.6 is 0 Å². The quantitative estimate of drug-likeness (QED) is 0.648. The fraction of sp³-hybridized carbons (Fsp3) is 0.227. The maximum absolute atomic E-state index is 12.3. The third kappa shape index (κ3) is 2.49. The zero-order chi connectivity index (χ0) is 18.3. The number of hydrogen-bond acceptors (Lipinski definition) is 3. The van der Waals surface area contributed by atoms with Gasteiger partial charge in [0.25, 0.3) is 0 Å². The van der Waals surface area contributed by atoms with E-state index in [1.54, 1.807) is 21.1 Å². The first kappa shape index (κ1) is 16.5. The first-order valence-corrected chi connectivity index (χ1v) is 8.69. The molecule has 0 atom stereocenters. The van der Waals surface area contributed by atoms with Crippen LogP contribution < -0.4 is 9.47 Å². The van der Waals surface area contributed by atoms with Gasteiger partial charge in [-0.3, -0.25) is 4.79 Å². The summed E-state index contributed by atoms with van der Waals surface area (Å²) in [4.78, 5) is 12.3. The third-order valence-electron chi connectivity index (χ3n) is 5.01. The standard InChI is InChI=1S/C22H21NO3/c1-14(24)17-12-19-18-13-21(26-3)20(25-2)11-16(18)9-10-23(19)22(17)15-7-5-4-6-8-15/h4-8,11-13H,9-10H2,1-3H3. The van der Waals surface area contributed by atoms with Crippen LogP contribution in [-0.4, -0.2) is 24.6 Å². The Hall–Kier alpha value is -3.01. The summed E-state index contributed by atoms with van der Waals surface area (Å²) in [5, 5.41) is 0. The van der Waals surface area contributed by atoms with Crippen molar-refractivity contribution in [3.8, 4) is 34.0 Å². The molecule has 4 nitrogen and oxygen atoms in total. The zero-order valence-electron chi connectivity index (χ0n) is 15.2. The molecule has 4 heteroatoms. The number of carbonyl (C=O) groups is 1. The Balaban J connectivity index is 1.97. The predicted octanol–water partition coefficient (Wildman–Crippen LogP) is 4.60. The smallest absolute Gasteiger partial charge is 0.161 e. The summed E-state index contributed by atoms with van der Waals surface area (Å²) < 4.78 is 13.2. The Labute approximate surface area is 153 Å². The second kappa shape index (κ2) is 6.37. The van der Waals surface area contributed by atoms with Crippen molar-refractivity contribution in [2.24, 2.45) is 0 Å². The number of fused-ring (bicyclic) bond motifs is 3. The van der Waals surface area contributed by atoms with Gasteiger partial charge in [0.15, 0.2) is 17.3 Å². The fourth-order valence-electron chi connectivity index (χ4n) is 3.78. The molecule has 0 amide bonds. The molecule has 0 spiro atoms. The number of aryl methyl sites for hydroxylation is 1. The van der Waals surface area contributed by atoms with Crippen LogP contribution in [0.1, 0.15) is 22.8 Å². The lowest BCUT2D eigenvalue weighted by atomic mass is 9.97. The number of ether oxygens (including phenoxy) is 2. The number of Topliss-reactive ketones (excluding diaryl/α,β-unsaturated/α-hetero) is 1. The Bertz CT molecular complexity index is 986. The number of hydrogen-bond donors (Lipinski definition) is 0. The van der Waals surface area contributed by atoms with Crippen LogP contribution in [0.2, 0.25) is 0 Å². The summed E-state index contributed by atoms with van der Waals surface area (Å²) in [5.41, 5.74) is 6.17. The zero-order valence-corrected chi connectivity index (χ0v) is 15.2. The van der Waals surface area contributed by atoms with Gasteiger partial charge in [0.1, 0.15) is 0 Å². The van der Waals surface area contributed by atoms with Gasteiger partial charge in [0.2, 0.25) is 0 Å². The van der Waals surface area contributed by atoms with E-state index in [0.717, 1.165) is 46.8 Å². The molecule has 0 fully saturated rings. The molecule has 1 aliphatic heterocycles. The lowest BCUT2D eigenvalue weighted by molar-refractivity contribution is 0.101. The Morgan fingerprint density at radius 2 is 1.69 bits per heavy atom. The van der Waals surface area contributed by atoms with Crippen molar-refractivity contribution < 1.29 is 14.3 Å². The van der Waals surface area contributed by atoms with Gasteiger partial charge in [-0.2, -0.15) is 0 Å². The molecule has 1 aromatic heterocycles. The molecule has 0 N–H and O–H groups in total. The van der Waals surface area contributed by atoms with Crippen LogP contribution in [0.3, 0.4) is 0 Å². The van der Waals surface area contributed by atoms with E-state index in [9.17, 15) is 4.79 Å². The van der Waals surface area contributed by atoms with Crippen LogP contribution in [0.15, 0.2) is 48.5 Å². The Morgan fingerprint density at radius 1 is 1.00 bits per heavy atom. The van der Waals surface area contributed by atoms with E-state index in [-0.39, 0.29) is 5.78 Å². The van der Waals surface area contributed by atoms with Crippen LogP contribution in [-0.2, 0) is 13.0 Å². The largest absolute Gasteiger partial charge is 0.493 e. The van der Waals surface area contributed by atoms with Gasteiger partial charge in [-0.15, -0.1) is 0 Å². The molecule has 26 heavy (non-hydrogen) atoms. The SMILES string of the molecule is COc1cc2c(cc1OC)-c1cc(C(C)=O)c(-c3ccccc3)n1CC2. The van der Waals surface area contributed by atoms with Gasteiger partial charge in [0.05, 0.1) is 19.9 Å². The molecule has 0 unspecified atom stereocenters. The predicted molar refractivity (Wildman–Crippen MR) is 102 cm³/mol. The molecule has 2 aromatic carbocycles. The molecule has 0 saturated heterocycles. The Kier molecular flexibility index (Phi) is 4.03. The molecular formula is C22H21NO3. The summed E-state index contributed by atoms with van der Waals surface area (Å²) in [7, 11) is 3.29. The van der Waals surface area contributed by atoms with Gasteiger partial charge in [-0.25, -0.2) is 0 Å². The second-order valence-corrected chi connectivity index (χ2v) is 6.48. The van der Waals surface area contributed by atoms with Crippen molar-refractivity contribution in [3.63, 3.8) is 0 Å². The van der Waals surface area contributed by atoms with E-state index in [1.807, 2.05) is 36.4 Å². The van der Waals surface area contributed by atoms with Crippen molar-refractivity contribution in [2.45, 2.75) is 19.9 Å². The third-order valence-corrected chi connectivity index (χ3v) is 5.01. The molecular weight excluding hydrogens is 326 g/mol. The number of carbonyl (C=O) groups excluding carboxylic acids is 1. The number of nitrogens with zero attached hydrogens (tertiary/aromatic N) is 1. The maximum Gasteiger partial charge on any atom is 0.161 e. The highest BCUT2D eigenvalue weighted by Crippen LogP contribution is 2.42.